The second-order valence-electron chi connectivity index (χ2n) is 6.62. The Kier molecular flexibility index (Phi) is 5.46. The summed E-state index contributed by atoms with van der Waals surface area (Å²) in [4.78, 5) is 0. The number of hydrogen-bond acceptors (Lipinski definition) is 2. The highest BCUT2D eigenvalue weighted by molar-refractivity contribution is 4.90. The summed E-state index contributed by atoms with van der Waals surface area (Å²) >= 11 is 0. The van der Waals surface area contributed by atoms with Gasteiger partial charge in [-0.3, -0.25) is 0 Å². The third kappa shape index (κ3) is 3.96. The van der Waals surface area contributed by atoms with E-state index in [4.69, 9.17) is 10.5 Å². The Balaban J connectivity index is 2.49. The fourth-order valence-electron chi connectivity index (χ4n) is 3.55. The predicted molar refractivity (Wildman–Crippen MR) is 73.9 cm³/mol. The van der Waals surface area contributed by atoms with E-state index >= 15 is 0 Å². The van der Waals surface area contributed by atoms with Gasteiger partial charge < -0.3 is 10.5 Å². The van der Waals surface area contributed by atoms with Crippen LogP contribution < -0.4 is 5.73 Å². The molecule has 6 atom stereocenters. The highest BCUT2D eigenvalue weighted by atomic mass is 16.5. The van der Waals surface area contributed by atoms with Crippen LogP contribution in [0.3, 0.4) is 0 Å². The molecule has 2 nitrogen and oxygen atoms in total. The lowest BCUT2D eigenvalue weighted by molar-refractivity contribution is 0.0481. The molecule has 0 aromatic rings. The van der Waals surface area contributed by atoms with E-state index in [2.05, 4.69) is 41.5 Å². The van der Waals surface area contributed by atoms with E-state index in [1.165, 1.54) is 6.42 Å². The number of rotatable bonds is 5. The van der Waals surface area contributed by atoms with Crippen LogP contribution in [0.4, 0.5) is 0 Å². The van der Waals surface area contributed by atoms with Crippen LogP contribution in [0.25, 0.3) is 0 Å². The molecule has 102 valence electrons. The molecule has 2 heteroatoms. The molecular weight excluding hydrogens is 210 g/mol. The minimum Gasteiger partial charge on any atom is -0.375 e. The third-order valence-electron chi connectivity index (χ3n) is 4.36. The van der Waals surface area contributed by atoms with E-state index in [1.54, 1.807) is 0 Å². The van der Waals surface area contributed by atoms with Gasteiger partial charge in [-0.15, -0.1) is 0 Å². The first-order valence-electron chi connectivity index (χ1n) is 7.24. The van der Waals surface area contributed by atoms with Crippen molar-refractivity contribution in [3.8, 4) is 0 Å². The van der Waals surface area contributed by atoms with Crippen molar-refractivity contribution in [2.75, 3.05) is 0 Å². The molecule has 1 fully saturated rings. The van der Waals surface area contributed by atoms with Crippen molar-refractivity contribution in [2.24, 2.45) is 29.4 Å². The Hall–Kier alpha value is -0.0800. The van der Waals surface area contributed by atoms with Crippen LogP contribution in [0.2, 0.25) is 0 Å². The van der Waals surface area contributed by atoms with E-state index in [0.717, 1.165) is 18.3 Å². The Morgan fingerprint density at radius 2 is 1.59 bits per heavy atom. The van der Waals surface area contributed by atoms with Gasteiger partial charge in [0.05, 0.1) is 12.2 Å². The van der Waals surface area contributed by atoms with E-state index in [-0.39, 0.29) is 0 Å². The fraction of sp³-hybridized carbons (Fsp3) is 1.00. The maximum absolute atomic E-state index is 6.42. The first kappa shape index (κ1) is 15.0. The van der Waals surface area contributed by atoms with E-state index in [9.17, 15) is 0 Å². The Morgan fingerprint density at radius 1 is 1.00 bits per heavy atom. The molecule has 17 heavy (non-hydrogen) atoms. The van der Waals surface area contributed by atoms with Gasteiger partial charge in [-0.1, -0.05) is 27.7 Å². The lowest BCUT2D eigenvalue weighted by Gasteiger charge is -2.28. The van der Waals surface area contributed by atoms with E-state index in [0.29, 0.717) is 30.1 Å². The van der Waals surface area contributed by atoms with Gasteiger partial charge in [0.25, 0.3) is 0 Å². The molecule has 0 radical (unpaired) electrons. The molecule has 0 spiro atoms. The highest BCUT2D eigenvalue weighted by Crippen LogP contribution is 2.35. The molecule has 0 bridgehead atoms. The second-order valence-corrected chi connectivity index (χ2v) is 6.62. The molecule has 2 N–H and O–H groups in total. The van der Waals surface area contributed by atoms with Gasteiger partial charge in [-0.25, -0.2) is 0 Å². The fourth-order valence-corrected chi connectivity index (χ4v) is 3.55. The molecule has 1 heterocycles. The maximum Gasteiger partial charge on any atom is 0.0597 e. The topological polar surface area (TPSA) is 35.2 Å². The van der Waals surface area contributed by atoms with Crippen molar-refractivity contribution in [2.45, 2.75) is 72.6 Å². The van der Waals surface area contributed by atoms with Gasteiger partial charge in [-0.2, -0.15) is 0 Å². The van der Waals surface area contributed by atoms with Crippen molar-refractivity contribution in [1.29, 1.82) is 0 Å². The zero-order valence-corrected chi connectivity index (χ0v) is 12.4. The molecule has 1 rings (SSSR count). The van der Waals surface area contributed by atoms with Crippen molar-refractivity contribution >= 4 is 0 Å². The largest absolute Gasteiger partial charge is 0.375 e. The summed E-state index contributed by atoms with van der Waals surface area (Å²) in [6.45, 7) is 13.5. The van der Waals surface area contributed by atoms with E-state index < -0.39 is 0 Å². The van der Waals surface area contributed by atoms with Crippen LogP contribution in [0, 0.1) is 23.7 Å². The van der Waals surface area contributed by atoms with Crippen LogP contribution in [-0.4, -0.2) is 18.2 Å². The van der Waals surface area contributed by atoms with Crippen LogP contribution in [-0.2, 0) is 4.74 Å². The molecule has 0 saturated carbocycles. The standard InChI is InChI=1S/C15H31NO/c1-9(2)7-10(3)8-14(16)15-11(4)12(5)17-13(15)6/h9-15H,7-8,16H2,1-6H3. The van der Waals surface area contributed by atoms with Gasteiger partial charge >= 0.3 is 0 Å². The minimum absolute atomic E-state index is 0.290. The highest BCUT2D eigenvalue weighted by Gasteiger charge is 2.40. The third-order valence-corrected chi connectivity index (χ3v) is 4.36. The van der Waals surface area contributed by atoms with Gasteiger partial charge in [-0.05, 0) is 44.4 Å². The van der Waals surface area contributed by atoms with Crippen LogP contribution in [0.1, 0.15) is 54.4 Å². The Bertz CT molecular complexity index is 229. The molecule has 0 amide bonds. The molecule has 1 saturated heterocycles. The quantitative estimate of drug-likeness (QED) is 0.800. The SMILES string of the molecule is CC(C)CC(C)CC(N)C1C(C)OC(C)C1C. The molecule has 0 aromatic carbocycles. The Morgan fingerprint density at radius 3 is 2.00 bits per heavy atom. The normalized spacial score (nSPS) is 37.4. The summed E-state index contributed by atoms with van der Waals surface area (Å²) in [6.07, 6.45) is 3.09. The van der Waals surface area contributed by atoms with Gasteiger partial charge in [0.15, 0.2) is 0 Å². The van der Waals surface area contributed by atoms with Crippen LogP contribution in [0.5, 0.6) is 0 Å². The van der Waals surface area contributed by atoms with E-state index in [1.807, 2.05) is 0 Å². The number of ether oxygens (including phenoxy) is 1. The van der Waals surface area contributed by atoms with Crippen molar-refractivity contribution in [3.05, 3.63) is 0 Å². The molecule has 1 aliphatic rings. The molecule has 1 aliphatic heterocycles. The van der Waals surface area contributed by atoms with Crippen molar-refractivity contribution < 1.29 is 4.74 Å². The lowest BCUT2D eigenvalue weighted by Crippen LogP contribution is -2.39. The van der Waals surface area contributed by atoms with Gasteiger partial charge in [0.1, 0.15) is 0 Å². The zero-order chi connectivity index (χ0) is 13.2. The van der Waals surface area contributed by atoms with Crippen LogP contribution >= 0.6 is 0 Å². The summed E-state index contributed by atoms with van der Waals surface area (Å²) in [7, 11) is 0. The van der Waals surface area contributed by atoms with Gasteiger partial charge in [0.2, 0.25) is 0 Å². The van der Waals surface area contributed by atoms with Gasteiger partial charge in [0, 0.05) is 12.0 Å². The molecular formula is C15H31NO. The molecule has 6 unspecified atom stereocenters. The minimum atomic E-state index is 0.290. The number of nitrogens with two attached hydrogens (primary N) is 1. The first-order chi connectivity index (χ1) is 7.82. The zero-order valence-electron chi connectivity index (χ0n) is 12.4. The average molecular weight is 241 g/mol. The summed E-state index contributed by atoms with van der Waals surface area (Å²) < 4.78 is 5.89. The smallest absolute Gasteiger partial charge is 0.0597 e. The number of hydrogen-bond donors (Lipinski definition) is 1. The second kappa shape index (κ2) is 6.19. The maximum atomic E-state index is 6.42. The summed E-state index contributed by atoms with van der Waals surface area (Å²) in [5.74, 6) is 2.61. The average Bonchev–Trinajstić information content (AvgIpc) is 2.39. The monoisotopic (exact) mass is 241 g/mol. The van der Waals surface area contributed by atoms with Crippen molar-refractivity contribution in [3.63, 3.8) is 0 Å². The lowest BCUT2D eigenvalue weighted by atomic mass is 9.79. The predicted octanol–water partition coefficient (Wildman–Crippen LogP) is 3.45. The Labute approximate surface area is 107 Å². The molecule has 0 aliphatic carbocycles. The van der Waals surface area contributed by atoms with Crippen LogP contribution in [0.15, 0.2) is 0 Å². The van der Waals surface area contributed by atoms with Crippen molar-refractivity contribution in [1.82, 2.24) is 0 Å². The summed E-state index contributed by atoms with van der Waals surface area (Å²) in [5.41, 5.74) is 6.42. The summed E-state index contributed by atoms with van der Waals surface area (Å²) in [6, 6.07) is 0.290. The first-order valence-corrected chi connectivity index (χ1v) is 7.24. The summed E-state index contributed by atoms with van der Waals surface area (Å²) in [5, 5.41) is 0. The molecule has 0 aromatic heterocycles.